The van der Waals surface area contributed by atoms with Crippen molar-refractivity contribution >= 4 is 21.9 Å². The molecule has 1 aliphatic carbocycles. The minimum Gasteiger partial charge on any atom is -0.354 e. The summed E-state index contributed by atoms with van der Waals surface area (Å²) in [5.41, 5.74) is 6.55. The third-order valence-corrected chi connectivity index (χ3v) is 7.59. The number of hydrogen-bond acceptors (Lipinski definition) is 9. The Morgan fingerprint density at radius 3 is 2.23 bits per heavy atom. The van der Waals surface area contributed by atoms with Gasteiger partial charge in [0.2, 0.25) is 21.9 Å². The van der Waals surface area contributed by atoms with Gasteiger partial charge in [-0.3, -0.25) is 4.98 Å². The lowest BCUT2D eigenvalue weighted by molar-refractivity contribution is 0.213. The smallest absolute Gasteiger partial charge is 0.244 e. The van der Waals surface area contributed by atoms with E-state index in [4.69, 9.17) is 5.73 Å². The molecule has 170 valence electrons. The molecule has 4 N–H and O–H groups in total. The van der Waals surface area contributed by atoms with Gasteiger partial charge >= 0.3 is 0 Å². The molecule has 2 aromatic rings. The third kappa shape index (κ3) is 5.46. The van der Waals surface area contributed by atoms with E-state index in [1.54, 1.807) is 25.4 Å². The van der Waals surface area contributed by atoms with Crippen molar-refractivity contribution in [3.63, 3.8) is 0 Å². The first-order chi connectivity index (χ1) is 14.9. The summed E-state index contributed by atoms with van der Waals surface area (Å²) in [6, 6.07) is 2.81. The molecule has 0 bridgehead atoms. The number of nitrogens with two attached hydrogens (primary N) is 1. The van der Waals surface area contributed by atoms with Crippen LogP contribution in [0.2, 0.25) is 0 Å². The zero-order valence-electron chi connectivity index (χ0n) is 18.3. The maximum absolute atomic E-state index is 12.9. The predicted octanol–water partition coefficient (Wildman–Crippen LogP) is 2.01. The van der Waals surface area contributed by atoms with E-state index >= 15 is 0 Å². The fourth-order valence-electron chi connectivity index (χ4n) is 3.91. The second-order valence-electron chi connectivity index (χ2n) is 7.71. The van der Waals surface area contributed by atoms with Crippen molar-refractivity contribution in [2.24, 2.45) is 11.7 Å². The zero-order valence-corrected chi connectivity index (χ0v) is 19.1. The van der Waals surface area contributed by atoms with Gasteiger partial charge in [0.25, 0.3) is 0 Å². The Morgan fingerprint density at radius 1 is 1.10 bits per heavy atom. The molecule has 0 aliphatic heterocycles. The van der Waals surface area contributed by atoms with Crippen LogP contribution < -0.4 is 16.4 Å². The highest BCUT2D eigenvalue weighted by atomic mass is 32.2. The predicted molar refractivity (Wildman–Crippen MR) is 120 cm³/mol. The molecule has 1 fully saturated rings. The lowest BCUT2D eigenvalue weighted by atomic mass is 9.81. The van der Waals surface area contributed by atoms with Gasteiger partial charge in [0, 0.05) is 38.6 Å². The average Bonchev–Trinajstić information content (AvgIpc) is 2.79. The van der Waals surface area contributed by atoms with Crippen molar-refractivity contribution < 1.29 is 8.42 Å². The van der Waals surface area contributed by atoms with Gasteiger partial charge in [-0.2, -0.15) is 19.3 Å². The number of sulfonamides is 1. The molecule has 0 radical (unpaired) electrons. The molecular weight excluding hydrogens is 416 g/mol. The van der Waals surface area contributed by atoms with Gasteiger partial charge in [-0.25, -0.2) is 8.42 Å². The van der Waals surface area contributed by atoms with Gasteiger partial charge in [0.15, 0.2) is 5.82 Å². The summed E-state index contributed by atoms with van der Waals surface area (Å²) in [5.74, 6) is 1.75. The Labute approximate surface area is 184 Å². The molecule has 1 unspecified atom stereocenters. The number of aromatic nitrogens is 4. The summed E-state index contributed by atoms with van der Waals surface area (Å²) in [5, 5.41) is 6.24. The molecule has 0 saturated heterocycles. The number of anilines is 2. The van der Waals surface area contributed by atoms with E-state index < -0.39 is 10.0 Å². The number of hydrogen-bond donors (Lipinski definition) is 3. The minimum atomic E-state index is -3.56. The summed E-state index contributed by atoms with van der Waals surface area (Å²) in [4.78, 5) is 17.5. The van der Waals surface area contributed by atoms with E-state index in [2.05, 4.69) is 30.6 Å². The summed E-state index contributed by atoms with van der Waals surface area (Å²) >= 11 is 0. The van der Waals surface area contributed by atoms with Crippen molar-refractivity contribution in [2.45, 2.75) is 56.5 Å². The van der Waals surface area contributed by atoms with E-state index in [1.165, 1.54) is 10.5 Å². The fraction of sp³-hybridized carbons (Fsp3) is 0.600. The number of nitrogens with one attached hydrogen (secondary N) is 2. The standard InChI is InChI=1S/C20H32N8O2S/c1-4-23-19-25-18(26-20(27-19)24-5-2)17(21)14-8-10-15(11-9-14)28(3)31(29,30)16-7-6-12-22-13-16/h6-7,12-15,17H,4-5,8-11,21H2,1-3H3,(H2,23,24,25,26,27). The van der Waals surface area contributed by atoms with Gasteiger partial charge < -0.3 is 16.4 Å². The average molecular weight is 449 g/mol. The Bertz CT molecular complexity index is 925. The highest BCUT2D eigenvalue weighted by Gasteiger charge is 2.34. The van der Waals surface area contributed by atoms with Crippen LogP contribution >= 0.6 is 0 Å². The summed E-state index contributed by atoms with van der Waals surface area (Å²) < 4.78 is 27.2. The van der Waals surface area contributed by atoms with E-state index in [1.807, 2.05) is 13.8 Å². The van der Waals surface area contributed by atoms with Crippen LogP contribution in [0.5, 0.6) is 0 Å². The van der Waals surface area contributed by atoms with Crippen molar-refractivity contribution in [1.29, 1.82) is 0 Å². The number of nitrogens with zero attached hydrogens (tertiary/aromatic N) is 5. The van der Waals surface area contributed by atoms with Gasteiger partial charge in [0.1, 0.15) is 4.90 Å². The lowest BCUT2D eigenvalue weighted by Crippen LogP contribution is -2.41. The first kappa shape index (κ1) is 23.3. The molecule has 2 heterocycles. The molecule has 11 heteroatoms. The Morgan fingerprint density at radius 2 is 1.71 bits per heavy atom. The van der Waals surface area contributed by atoms with Crippen LogP contribution in [0, 0.1) is 5.92 Å². The van der Waals surface area contributed by atoms with Crippen molar-refractivity contribution in [1.82, 2.24) is 24.2 Å². The third-order valence-electron chi connectivity index (χ3n) is 5.70. The van der Waals surface area contributed by atoms with E-state index in [-0.39, 0.29) is 22.9 Å². The maximum atomic E-state index is 12.9. The van der Waals surface area contributed by atoms with Gasteiger partial charge in [-0.1, -0.05) is 0 Å². The second-order valence-corrected chi connectivity index (χ2v) is 9.70. The molecule has 1 atom stereocenters. The SMILES string of the molecule is CCNc1nc(NCC)nc(C(N)C2CCC(N(C)S(=O)(=O)c3cccnc3)CC2)n1. The van der Waals surface area contributed by atoms with Crippen molar-refractivity contribution in [2.75, 3.05) is 30.8 Å². The quantitative estimate of drug-likeness (QED) is 0.525. The van der Waals surface area contributed by atoms with E-state index in [0.717, 1.165) is 25.7 Å². The first-order valence-electron chi connectivity index (χ1n) is 10.7. The highest BCUT2D eigenvalue weighted by Crippen LogP contribution is 2.35. The van der Waals surface area contributed by atoms with E-state index in [9.17, 15) is 8.42 Å². The molecule has 0 spiro atoms. The van der Waals surface area contributed by atoms with Gasteiger partial charge in [-0.15, -0.1) is 0 Å². The van der Waals surface area contributed by atoms with Crippen LogP contribution in [-0.4, -0.2) is 58.8 Å². The zero-order chi connectivity index (χ0) is 22.4. The van der Waals surface area contributed by atoms with Crippen LogP contribution in [0.4, 0.5) is 11.9 Å². The Hall–Kier alpha value is -2.37. The molecule has 3 rings (SSSR count). The van der Waals surface area contributed by atoms with Crippen LogP contribution in [0.15, 0.2) is 29.4 Å². The number of rotatable bonds is 9. The molecule has 0 aromatic carbocycles. The summed E-state index contributed by atoms with van der Waals surface area (Å²) in [6.07, 6.45) is 6.03. The molecule has 10 nitrogen and oxygen atoms in total. The van der Waals surface area contributed by atoms with Crippen LogP contribution in [-0.2, 0) is 10.0 Å². The van der Waals surface area contributed by atoms with Gasteiger partial charge in [-0.05, 0) is 57.6 Å². The first-order valence-corrected chi connectivity index (χ1v) is 12.2. The lowest BCUT2D eigenvalue weighted by Gasteiger charge is -2.35. The Balaban J connectivity index is 1.68. The van der Waals surface area contributed by atoms with E-state index in [0.29, 0.717) is 30.8 Å². The normalized spacial score (nSPS) is 20.4. The van der Waals surface area contributed by atoms with Crippen LogP contribution in [0.3, 0.4) is 0 Å². The van der Waals surface area contributed by atoms with Crippen molar-refractivity contribution in [3.05, 3.63) is 30.4 Å². The Kier molecular flexibility index (Phi) is 7.74. The summed E-state index contributed by atoms with van der Waals surface area (Å²) in [6.45, 7) is 5.36. The molecular formula is C20H32N8O2S. The number of pyridine rings is 1. The largest absolute Gasteiger partial charge is 0.354 e. The monoisotopic (exact) mass is 448 g/mol. The van der Waals surface area contributed by atoms with Crippen LogP contribution in [0.25, 0.3) is 0 Å². The maximum Gasteiger partial charge on any atom is 0.244 e. The van der Waals surface area contributed by atoms with Gasteiger partial charge in [0.05, 0.1) is 6.04 Å². The molecule has 31 heavy (non-hydrogen) atoms. The topological polar surface area (TPSA) is 139 Å². The summed E-state index contributed by atoms with van der Waals surface area (Å²) in [7, 11) is -1.92. The van der Waals surface area contributed by atoms with Crippen LogP contribution in [0.1, 0.15) is 51.4 Å². The molecule has 1 saturated carbocycles. The molecule has 1 aliphatic rings. The fourth-order valence-corrected chi connectivity index (χ4v) is 5.29. The minimum absolute atomic E-state index is 0.0679. The van der Waals surface area contributed by atoms with Crippen molar-refractivity contribution in [3.8, 4) is 0 Å². The molecule has 0 amide bonds. The highest BCUT2D eigenvalue weighted by molar-refractivity contribution is 7.89. The second kappa shape index (κ2) is 10.3. The molecule has 2 aromatic heterocycles.